The fourth-order valence-corrected chi connectivity index (χ4v) is 1.37. The Kier molecular flexibility index (Phi) is 2.49. The molecule has 0 heterocycles. The van der Waals surface area contributed by atoms with Crippen molar-refractivity contribution in [2.75, 3.05) is 5.73 Å². The monoisotopic (exact) mass is 260 g/mol. The number of nitrogens with one attached hydrogen (secondary N) is 1. The molecule has 0 amide bonds. The van der Waals surface area contributed by atoms with Crippen LogP contribution in [0.25, 0.3) is 0 Å². The molecule has 0 atom stereocenters. The molecule has 11 heavy (non-hydrogen) atoms. The van der Waals surface area contributed by atoms with Gasteiger partial charge in [0, 0.05) is 11.3 Å². The Hall–Kier alpha value is -0.580. The minimum Gasteiger partial charge on any atom is -0.398 e. The van der Waals surface area contributed by atoms with Crippen molar-refractivity contribution in [1.82, 2.24) is 0 Å². The first-order chi connectivity index (χ1) is 5.11. The van der Waals surface area contributed by atoms with E-state index in [1.807, 2.05) is 47.7 Å². The Labute approximate surface area is 79.4 Å². The third kappa shape index (κ3) is 1.92. The van der Waals surface area contributed by atoms with E-state index >= 15 is 0 Å². The van der Waals surface area contributed by atoms with Gasteiger partial charge in [-0.05, 0) is 41.1 Å². The zero-order valence-corrected chi connectivity index (χ0v) is 8.34. The largest absolute Gasteiger partial charge is 0.398 e. The van der Waals surface area contributed by atoms with Gasteiger partial charge in [0.05, 0.1) is 0 Å². The first kappa shape index (κ1) is 8.52. The highest BCUT2D eigenvalue weighted by Crippen LogP contribution is 2.16. The molecule has 0 aliphatic carbocycles. The molecule has 0 spiro atoms. The number of nitrogen functional groups attached to an aromatic ring is 1. The molecule has 0 aliphatic heterocycles. The first-order valence-corrected chi connectivity index (χ1v) is 4.29. The van der Waals surface area contributed by atoms with Gasteiger partial charge in [-0.3, -0.25) is 5.41 Å². The molecule has 2 nitrogen and oxygen atoms in total. The van der Waals surface area contributed by atoms with Crippen molar-refractivity contribution in [3.8, 4) is 0 Å². The van der Waals surface area contributed by atoms with Crippen LogP contribution in [0.15, 0.2) is 18.2 Å². The molecule has 0 saturated heterocycles. The highest BCUT2D eigenvalue weighted by molar-refractivity contribution is 14.1. The zero-order valence-electron chi connectivity index (χ0n) is 6.19. The van der Waals surface area contributed by atoms with E-state index in [1.165, 1.54) is 0 Å². The molecule has 1 rings (SSSR count). The number of hydrogen-bond donors (Lipinski definition) is 2. The lowest BCUT2D eigenvalue weighted by Crippen LogP contribution is -1.96. The normalized spacial score (nSPS) is 9.64. The summed E-state index contributed by atoms with van der Waals surface area (Å²) in [5, 5.41) is 7.35. The average Bonchev–Trinajstić information content (AvgIpc) is 1.85. The second-order valence-corrected chi connectivity index (χ2v) is 3.48. The highest BCUT2D eigenvalue weighted by atomic mass is 127. The number of aryl methyl sites for hydroxylation is 1. The molecule has 0 aromatic heterocycles. The van der Waals surface area contributed by atoms with Crippen molar-refractivity contribution >= 4 is 32.0 Å². The fraction of sp³-hybridized carbons (Fsp3) is 0.125. The maximum atomic E-state index is 7.35. The fourth-order valence-electron chi connectivity index (χ4n) is 0.882. The van der Waals surface area contributed by atoms with Crippen molar-refractivity contribution in [3.63, 3.8) is 0 Å². The van der Waals surface area contributed by atoms with Crippen LogP contribution in [0.3, 0.4) is 0 Å². The second-order valence-electron chi connectivity index (χ2n) is 2.40. The van der Waals surface area contributed by atoms with Crippen LogP contribution in [0.1, 0.15) is 11.1 Å². The summed E-state index contributed by atoms with van der Waals surface area (Å²) in [6.07, 6.45) is 0. The maximum absolute atomic E-state index is 7.35. The molecule has 0 radical (unpaired) electrons. The van der Waals surface area contributed by atoms with Crippen molar-refractivity contribution in [3.05, 3.63) is 29.3 Å². The van der Waals surface area contributed by atoms with E-state index in [2.05, 4.69) is 0 Å². The molecular weight excluding hydrogens is 251 g/mol. The van der Waals surface area contributed by atoms with Gasteiger partial charge in [0.15, 0.2) is 0 Å². The summed E-state index contributed by atoms with van der Waals surface area (Å²) in [4.78, 5) is 0. The summed E-state index contributed by atoms with van der Waals surface area (Å²) in [5.74, 6) is 0. The van der Waals surface area contributed by atoms with Crippen molar-refractivity contribution < 1.29 is 0 Å². The topological polar surface area (TPSA) is 49.9 Å². The molecule has 1 aromatic carbocycles. The summed E-state index contributed by atoms with van der Waals surface area (Å²) in [6.45, 7) is 1.98. The molecule has 3 heteroatoms. The van der Waals surface area contributed by atoms with Crippen LogP contribution in [0.2, 0.25) is 0 Å². The first-order valence-electron chi connectivity index (χ1n) is 3.22. The SMILES string of the molecule is Cc1ccc(C(=N)I)c(N)c1. The van der Waals surface area contributed by atoms with Crippen molar-refractivity contribution in [1.29, 1.82) is 5.41 Å². The standard InChI is InChI=1S/C8H9IN2/c1-5-2-3-6(8(9)11)7(10)4-5/h2-4,11H,10H2,1H3. The Balaban J connectivity index is 3.20. The lowest BCUT2D eigenvalue weighted by Gasteiger charge is -2.02. The van der Waals surface area contributed by atoms with Gasteiger partial charge in [-0.25, -0.2) is 0 Å². The zero-order chi connectivity index (χ0) is 8.43. The summed E-state index contributed by atoms with van der Waals surface area (Å²) in [7, 11) is 0. The van der Waals surface area contributed by atoms with Gasteiger partial charge >= 0.3 is 0 Å². The molecule has 3 N–H and O–H groups in total. The van der Waals surface area contributed by atoms with Crippen LogP contribution in [0.5, 0.6) is 0 Å². The minimum absolute atomic E-state index is 0.486. The third-order valence-electron chi connectivity index (χ3n) is 1.44. The van der Waals surface area contributed by atoms with Crippen molar-refractivity contribution in [2.24, 2.45) is 0 Å². The number of nitrogens with two attached hydrogens (primary N) is 1. The van der Waals surface area contributed by atoms with Gasteiger partial charge < -0.3 is 5.73 Å². The summed E-state index contributed by atoms with van der Waals surface area (Å²) in [6, 6.07) is 5.71. The highest BCUT2D eigenvalue weighted by Gasteiger charge is 2.00. The van der Waals surface area contributed by atoms with E-state index in [0.717, 1.165) is 11.1 Å². The van der Waals surface area contributed by atoms with E-state index < -0.39 is 0 Å². The number of hydrogen-bond acceptors (Lipinski definition) is 2. The van der Waals surface area contributed by atoms with Gasteiger partial charge in [-0.15, -0.1) is 0 Å². The Bertz CT molecular complexity index is 294. The van der Waals surface area contributed by atoms with Crippen LogP contribution < -0.4 is 5.73 Å². The smallest absolute Gasteiger partial charge is 0.101 e. The van der Waals surface area contributed by atoms with Gasteiger partial charge in [-0.2, -0.15) is 0 Å². The van der Waals surface area contributed by atoms with Crippen LogP contribution in [-0.4, -0.2) is 3.72 Å². The second kappa shape index (κ2) is 3.21. The Morgan fingerprint density at radius 3 is 2.64 bits per heavy atom. The number of anilines is 1. The molecular formula is C8H9IN2. The quantitative estimate of drug-likeness (QED) is 0.454. The average molecular weight is 260 g/mol. The van der Waals surface area contributed by atoms with Gasteiger partial charge in [0.25, 0.3) is 0 Å². The van der Waals surface area contributed by atoms with E-state index in [4.69, 9.17) is 11.1 Å². The molecule has 0 saturated carbocycles. The van der Waals surface area contributed by atoms with Crippen LogP contribution in [0, 0.1) is 12.3 Å². The predicted molar refractivity (Wildman–Crippen MR) is 56.4 cm³/mol. The molecule has 0 unspecified atom stereocenters. The summed E-state index contributed by atoms with van der Waals surface area (Å²) in [5.41, 5.74) is 8.31. The van der Waals surface area contributed by atoms with Crippen LogP contribution in [0.4, 0.5) is 5.69 Å². The molecule has 0 fully saturated rings. The maximum Gasteiger partial charge on any atom is 0.101 e. The Morgan fingerprint density at radius 1 is 1.55 bits per heavy atom. The molecule has 1 aromatic rings. The van der Waals surface area contributed by atoms with Gasteiger partial charge in [0.1, 0.15) is 3.72 Å². The third-order valence-corrected chi connectivity index (χ3v) is 2.02. The lowest BCUT2D eigenvalue weighted by atomic mass is 10.1. The van der Waals surface area contributed by atoms with Crippen LogP contribution >= 0.6 is 22.6 Å². The van der Waals surface area contributed by atoms with E-state index in [1.54, 1.807) is 0 Å². The van der Waals surface area contributed by atoms with E-state index in [-0.39, 0.29) is 0 Å². The molecule has 58 valence electrons. The van der Waals surface area contributed by atoms with Gasteiger partial charge in [-0.1, -0.05) is 12.1 Å². The molecule has 0 aliphatic rings. The predicted octanol–water partition coefficient (Wildman–Crippen LogP) is 2.34. The van der Waals surface area contributed by atoms with Crippen molar-refractivity contribution in [2.45, 2.75) is 6.92 Å². The van der Waals surface area contributed by atoms with Crippen LogP contribution in [-0.2, 0) is 0 Å². The molecule has 0 bridgehead atoms. The number of benzene rings is 1. The van der Waals surface area contributed by atoms with Gasteiger partial charge in [0.2, 0.25) is 0 Å². The lowest BCUT2D eigenvalue weighted by molar-refractivity contribution is 1.45. The van der Waals surface area contributed by atoms with E-state index in [0.29, 0.717) is 9.41 Å². The number of halogens is 1. The number of rotatable bonds is 1. The van der Waals surface area contributed by atoms with E-state index in [9.17, 15) is 0 Å². The summed E-state index contributed by atoms with van der Waals surface area (Å²) < 4.78 is 0.486. The Morgan fingerprint density at radius 2 is 2.18 bits per heavy atom. The summed E-state index contributed by atoms with van der Waals surface area (Å²) >= 11 is 1.95. The minimum atomic E-state index is 0.486.